The Morgan fingerprint density at radius 1 is 1.09 bits per heavy atom. The van der Waals surface area contributed by atoms with E-state index < -0.39 is 0 Å². The van der Waals surface area contributed by atoms with E-state index in [1.165, 1.54) is 19.3 Å². The summed E-state index contributed by atoms with van der Waals surface area (Å²) in [5, 5.41) is 0.484. The fraction of sp³-hybridized carbons (Fsp3) is 0.800. The van der Waals surface area contributed by atoms with Gasteiger partial charge in [0.05, 0.1) is 0 Å². The van der Waals surface area contributed by atoms with Crippen LogP contribution in [0, 0.1) is 23.7 Å². The molecule has 2 saturated carbocycles. The van der Waals surface area contributed by atoms with E-state index in [-0.39, 0.29) is 0 Å². The van der Waals surface area contributed by atoms with Gasteiger partial charge in [-0.1, -0.05) is 12.2 Å². The van der Waals surface area contributed by atoms with Crippen LogP contribution in [0.3, 0.4) is 0 Å². The first-order valence-electron chi connectivity index (χ1n) is 4.68. The predicted molar refractivity (Wildman–Crippen MR) is 46.6 cm³/mol. The van der Waals surface area contributed by atoms with Crippen LogP contribution in [0.4, 0.5) is 0 Å². The van der Waals surface area contributed by atoms with Crippen molar-refractivity contribution < 1.29 is 0 Å². The first kappa shape index (κ1) is 6.54. The van der Waals surface area contributed by atoms with E-state index in [2.05, 4.69) is 12.2 Å². The van der Waals surface area contributed by atoms with Crippen LogP contribution in [-0.2, 0) is 0 Å². The van der Waals surface area contributed by atoms with Gasteiger partial charge in [0.2, 0.25) is 0 Å². The van der Waals surface area contributed by atoms with Crippen LogP contribution in [-0.4, -0.2) is 5.38 Å². The maximum Gasteiger partial charge on any atom is 0.0435 e. The van der Waals surface area contributed by atoms with E-state index in [4.69, 9.17) is 11.6 Å². The molecule has 3 aliphatic rings. The van der Waals surface area contributed by atoms with Crippen LogP contribution in [0.5, 0.6) is 0 Å². The van der Waals surface area contributed by atoms with E-state index >= 15 is 0 Å². The summed E-state index contributed by atoms with van der Waals surface area (Å²) in [4.78, 5) is 0. The molecule has 0 amide bonds. The Morgan fingerprint density at radius 2 is 1.91 bits per heavy atom. The third-order valence-corrected chi connectivity index (χ3v) is 4.59. The van der Waals surface area contributed by atoms with Crippen LogP contribution < -0.4 is 0 Å². The molecule has 0 aliphatic heterocycles. The van der Waals surface area contributed by atoms with Gasteiger partial charge in [-0.25, -0.2) is 0 Å². The first-order valence-corrected chi connectivity index (χ1v) is 5.12. The Bertz CT molecular complexity index is 207. The first-order chi connectivity index (χ1) is 5.38. The largest absolute Gasteiger partial charge is 0.122 e. The van der Waals surface area contributed by atoms with Crippen LogP contribution in [0.25, 0.3) is 0 Å². The summed E-state index contributed by atoms with van der Waals surface area (Å²) < 4.78 is 0. The second kappa shape index (κ2) is 2.04. The predicted octanol–water partition coefficient (Wildman–Crippen LogP) is 2.83. The third-order valence-electron chi connectivity index (χ3n) is 3.97. The summed E-state index contributed by atoms with van der Waals surface area (Å²) >= 11 is 6.36. The summed E-state index contributed by atoms with van der Waals surface area (Å²) in [7, 11) is 0. The molecule has 1 heteroatoms. The quantitative estimate of drug-likeness (QED) is 0.386. The van der Waals surface area contributed by atoms with Gasteiger partial charge in [-0.3, -0.25) is 0 Å². The summed E-state index contributed by atoms with van der Waals surface area (Å²) in [5.41, 5.74) is 0. The van der Waals surface area contributed by atoms with Gasteiger partial charge < -0.3 is 0 Å². The Hall–Kier alpha value is 0.0300. The van der Waals surface area contributed by atoms with Crippen LogP contribution in [0.2, 0.25) is 0 Å². The molecule has 2 bridgehead atoms. The summed E-state index contributed by atoms with van der Waals surface area (Å²) in [6.45, 7) is 0. The van der Waals surface area contributed by atoms with Crippen LogP contribution >= 0.6 is 11.6 Å². The van der Waals surface area contributed by atoms with Crippen molar-refractivity contribution in [2.24, 2.45) is 23.7 Å². The molecule has 0 radical (unpaired) electrons. The van der Waals surface area contributed by atoms with Crippen molar-refractivity contribution in [1.29, 1.82) is 0 Å². The Kier molecular flexibility index (Phi) is 1.21. The Balaban J connectivity index is 1.99. The SMILES string of the molecule is ClC1[C@H]2CC=C[C@@H]1[C@@H]1CC[C@@H]12. The number of rotatable bonds is 0. The molecule has 0 N–H and O–H groups in total. The number of allylic oxidation sites excluding steroid dienone is 2. The average molecular weight is 169 g/mol. The van der Waals surface area contributed by atoms with E-state index in [0.717, 1.165) is 23.7 Å². The standard InChI is InChI=1S/C10H13Cl/c11-10-8-2-1-3-9(10)7-5-4-6(7)8/h1-2,6-10H,3-5H2/t6-,7+,8-,9+,10?/m1/s1. The van der Waals surface area contributed by atoms with Crippen molar-refractivity contribution in [3.63, 3.8) is 0 Å². The number of hydrogen-bond donors (Lipinski definition) is 0. The van der Waals surface area contributed by atoms with Crippen molar-refractivity contribution in [2.45, 2.75) is 24.6 Å². The maximum atomic E-state index is 6.36. The van der Waals surface area contributed by atoms with E-state index in [0.29, 0.717) is 5.38 Å². The zero-order chi connectivity index (χ0) is 7.42. The topological polar surface area (TPSA) is 0 Å². The summed E-state index contributed by atoms with van der Waals surface area (Å²) in [6.07, 6.45) is 8.88. The van der Waals surface area contributed by atoms with Gasteiger partial charge >= 0.3 is 0 Å². The minimum Gasteiger partial charge on any atom is -0.122 e. The molecule has 3 aliphatic carbocycles. The number of fused-ring (bicyclic) bond motifs is 5. The third kappa shape index (κ3) is 0.672. The molecule has 0 spiro atoms. The van der Waals surface area contributed by atoms with Gasteiger partial charge in [0.1, 0.15) is 0 Å². The van der Waals surface area contributed by atoms with Gasteiger partial charge in [-0.2, -0.15) is 0 Å². The van der Waals surface area contributed by atoms with Crippen LogP contribution in [0.1, 0.15) is 19.3 Å². The Labute approximate surface area is 72.6 Å². The van der Waals surface area contributed by atoms with E-state index in [1.807, 2.05) is 0 Å². The average Bonchev–Trinajstić information content (AvgIpc) is 2.09. The maximum absolute atomic E-state index is 6.36. The lowest BCUT2D eigenvalue weighted by atomic mass is 9.71. The van der Waals surface area contributed by atoms with E-state index in [9.17, 15) is 0 Å². The molecule has 0 nitrogen and oxygen atoms in total. The van der Waals surface area contributed by atoms with Gasteiger partial charge in [0.25, 0.3) is 0 Å². The van der Waals surface area contributed by atoms with Crippen molar-refractivity contribution in [3.8, 4) is 0 Å². The molecule has 0 aromatic carbocycles. The number of hydrogen-bond acceptors (Lipinski definition) is 0. The molecular weight excluding hydrogens is 156 g/mol. The van der Waals surface area contributed by atoms with Gasteiger partial charge in [-0.15, -0.1) is 11.6 Å². The number of alkyl halides is 1. The molecule has 0 aromatic rings. The zero-order valence-corrected chi connectivity index (χ0v) is 7.30. The molecule has 0 aromatic heterocycles. The second-order valence-electron chi connectivity index (χ2n) is 4.25. The molecule has 2 fully saturated rings. The fourth-order valence-electron chi connectivity index (χ4n) is 3.27. The summed E-state index contributed by atoms with van der Waals surface area (Å²) in [6, 6.07) is 0. The van der Waals surface area contributed by atoms with E-state index in [1.54, 1.807) is 0 Å². The van der Waals surface area contributed by atoms with Crippen molar-refractivity contribution in [1.82, 2.24) is 0 Å². The van der Waals surface area contributed by atoms with Crippen molar-refractivity contribution in [2.75, 3.05) is 0 Å². The van der Waals surface area contributed by atoms with Crippen LogP contribution in [0.15, 0.2) is 12.2 Å². The highest BCUT2D eigenvalue weighted by molar-refractivity contribution is 6.21. The Morgan fingerprint density at radius 3 is 2.55 bits per heavy atom. The monoisotopic (exact) mass is 168 g/mol. The number of halogens is 1. The fourth-order valence-corrected chi connectivity index (χ4v) is 3.83. The smallest absolute Gasteiger partial charge is 0.0435 e. The summed E-state index contributed by atoms with van der Waals surface area (Å²) in [5.74, 6) is 3.55. The minimum absolute atomic E-state index is 0.484. The van der Waals surface area contributed by atoms with Crippen molar-refractivity contribution in [3.05, 3.63) is 12.2 Å². The molecule has 60 valence electrons. The molecule has 0 heterocycles. The second-order valence-corrected chi connectivity index (χ2v) is 4.76. The highest BCUT2D eigenvalue weighted by Gasteiger charge is 2.53. The molecule has 5 atom stereocenters. The zero-order valence-electron chi connectivity index (χ0n) is 6.54. The molecule has 1 unspecified atom stereocenters. The lowest BCUT2D eigenvalue weighted by molar-refractivity contribution is 0.161. The van der Waals surface area contributed by atoms with Crippen molar-refractivity contribution >= 4 is 11.6 Å². The van der Waals surface area contributed by atoms with Gasteiger partial charge in [-0.05, 0) is 42.9 Å². The molecule has 0 saturated heterocycles. The van der Waals surface area contributed by atoms with Gasteiger partial charge in [0, 0.05) is 5.38 Å². The molecule has 11 heavy (non-hydrogen) atoms. The lowest BCUT2D eigenvalue weighted by Crippen LogP contribution is -2.26. The highest BCUT2D eigenvalue weighted by atomic mass is 35.5. The normalized spacial score (nSPS) is 58.8. The molecular formula is C10H13Cl. The molecule has 3 rings (SSSR count). The van der Waals surface area contributed by atoms with Gasteiger partial charge in [0.15, 0.2) is 0 Å². The minimum atomic E-state index is 0.484. The highest BCUT2D eigenvalue weighted by Crippen LogP contribution is 2.58. The lowest BCUT2D eigenvalue weighted by Gasteiger charge is -2.34.